The van der Waals surface area contributed by atoms with E-state index in [0.717, 1.165) is 16.8 Å². The summed E-state index contributed by atoms with van der Waals surface area (Å²) >= 11 is 0. The number of phosphoric ester groups is 1. The summed E-state index contributed by atoms with van der Waals surface area (Å²) in [4.78, 5) is 45.5. The predicted molar refractivity (Wildman–Crippen MR) is 64.0 cm³/mol. The third kappa shape index (κ3) is 3.67. The van der Waals surface area contributed by atoms with Gasteiger partial charge in [0, 0.05) is 18.2 Å². The average molecular weight is 320 g/mol. The molecule has 1 saturated carbocycles. The normalized spacial score (nSPS) is 29.7. The Kier molecular flexibility index (Phi) is 4.47. The number of hydrogen-bond acceptors (Lipinski definition) is 8. The topological polar surface area (TPSA) is 168 Å². The number of nitrogens with zero attached hydrogens (tertiary/aromatic N) is 1. The molecule has 1 aliphatic rings. The van der Waals surface area contributed by atoms with E-state index in [9.17, 15) is 34.2 Å². The maximum Gasteiger partial charge on any atom is 0.328 e. The van der Waals surface area contributed by atoms with Gasteiger partial charge in [0.25, 0.3) is 5.56 Å². The van der Waals surface area contributed by atoms with Crippen LogP contribution in [-0.4, -0.2) is 38.6 Å². The Balaban J connectivity index is 2.18. The number of aliphatic hydroxyl groups excluding tert-OH is 2. The highest BCUT2D eigenvalue weighted by Crippen LogP contribution is 2.37. The van der Waals surface area contributed by atoms with Gasteiger partial charge >= 0.3 is 5.69 Å². The van der Waals surface area contributed by atoms with Gasteiger partial charge in [0.1, 0.15) is 6.10 Å². The summed E-state index contributed by atoms with van der Waals surface area (Å²) in [5.41, 5.74) is -1.37. The molecule has 0 amide bonds. The molecule has 1 heterocycles. The molecule has 1 aromatic heterocycles. The Hall–Kier alpha value is -1.29. The Morgan fingerprint density at radius 1 is 1.38 bits per heavy atom. The first-order valence-corrected chi connectivity index (χ1v) is 7.49. The van der Waals surface area contributed by atoms with E-state index >= 15 is 0 Å². The standard InChI is InChI=1S/C10H15N2O8P/c13-7-1-2-12(10(16)11-7)6-3-5(8(14)9(6)15)4-20-21(17,18)19/h1-2,5-6,8-9,14-15H,3-4H2,(H,11,13,16)(H2,17,18,19)/p-2. The highest BCUT2D eigenvalue weighted by molar-refractivity contribution is 7.43. The van der Waals surface area contributed by atoms with Crippen LogP contribution in [0.2, 0.25) is 0 Å². The molecule has 10 nitrogen and oxygen atoms in total. The second kappa shape index (κ2) is 5.84. The van der Waals surface area contributed by atoms with Crippen LogP contribution in [0.3, 0.4) is 0 Å². The van der Waals surface area contributed by atoms with Crippen LogP contribution < -0.4 is 21.0 Å². The van der Waals surface area contributed by atoms with Gasteiger partial charge in [0.05, 0.1) is 26.6 Å². The monoisotopic (exact) mass is 320 g/mol. The van der Waals surface area contributed by atoms with Crippen LogP contribution in [0.4, 0.5) is 0 Å². The molecule has 0 aromatic carbocycles. The number of aliphatic hydroxyl groups is 2. The van der Waals surface area contributed by atoms with Crippen molar-refractivity contribution < 1.29 is 29.1 Å². The number of aromatic nitrogens is 2. The van der Waals surface area contributed by atoms with Crippen LogP contribution in [0.25, 0.3) is 0 Å². The van der Waals surface area contributed by atoms with Crippen LogP contribution >= 0.6 is 7.82 Å². The Morgan fingerprint density at radius 2 is 2.05 bits per heavy atom. The first-order chi connectivity index (χ1) is 9.69. The number of hydrogen-bond donors (Lipinski definition) is 3. The molecule has 118 valence electrons. The van der Waals surface area contributed by atoms with E-state index in [-0.39, 0.29) is 6.42 Å². The lowest BCUT2D eigenvalue weighted by Gasteiger charge is -2.30. The molecule has 0 saturated heterocycles. The van der Waals surface area contributed by atoms with Gasteiger partial charge in [0.15, 0.2) is 0 Å². The molecule has 4 unspecified atom stereocenters. The second-order valence-electron chi connectivity index (χ2n) is 4.80. The lowest BCUT2D eigenvalue weighted by atomic mass is 10.1. The molecule has 3 N–H and O–H groups in total. The number of rotatable bonds is 4. The highest BCUT2D eigenvalue weighted by atomic mass is 31.2. The van der Waals surface area contributed by atoms with Gasteiger partial charge < -0.3 is 29.1 Å². The first kappa shape index (κ1) is 16.1. The highest BCUT2D eigenvalue weighted by Gasteiger charge is 2.42. The molecule has 1 aromatic rings. The molecule has 0 bridgehead atoms. The zero-order valence-electron chi connectivity index (χ0n) is 10.6. The van der Waals surface area contributed by atoms with E-state index in [1.165, 1.54) is 0 Å². The SMILES string of the molecule is O=c1ccn(C2CC(COP(=O)([O-])[O-])C(O)C2O)c(=O)[nH]1. The minimum absolute atomic E-state index is 0.00822. The maximum atomic E-state index is 11.6. The zero-order valence-corrected chi connectivity index (χ0v) is 11.5. The summed E-state index contributed by atoms with van der Waals surface area (Å²) in [6.45, 7) is -0.586. The van der Waals surface area contributed by atoms with Gasteiger partial charge in [-0.15, -0.1) is 0 Å². The van der Waals surface area contributed by atoms with Crippen LogP contribution in [0, 0.1) is 5.92 Å². The summed E-state index contributed by atoms with van der Waals surface area (Å²) in [5.74, 6) is -0.833. The molecule has 4 atom stereocenters. The lowest BCUT2D eigenvalue weighted by Crippen LogP contribution is -2.37. The molecule has 2 rings (SSSR count). The van der Waals surface area contributed by atoms with Crippen molar-refractivity contribution in [2.75, 3.05) is 6.61 Å². The van der Waals surface area contributed by atoms with Crippen molar-refractivity contribution in [1.29, 1.82) is 0 Å². The Bertz CT molecular complexity index is 664. The summed E-state index contributed by atoms with van der Waals surface area (Å²) in [5, 5.41) is 19.7. The average Bonchev–Trinajstić information content (AvgIpc) is 2.64. The van der Waals surface area contributed by atoms with Crippen molar-refractivity contribution in [3.8, 4) is 0 Å². The number of aromatic amines is 1. The van der Waals surface area contributed by atoms with Gasteiger partial charge in [-0.25, -0.2) is 4.79 Å². The van der Waals surface area contributed by atoms with Crippen molar-refractivity contribution >= 4 is 7.82 Å². The molecular formula is C10H13N2O8P-2. The van der Waals surface area contributed by atoms with Crippen molar-refractivity contribution in [2.45, 2.75) is 24.7 Å². The smallest absolute Gasteiger partial charge is 0.328 e. The van der Waals surface area contributed by atoms with E-state index in [4.69, 9.17) is 0 Å². The summed E-state index contributed by atoms with van der Waals surface area (Å²) in [6, 6.07) is 0.212. The molecule has 11 heteroatoms. The van der Waals surface area contributed by atoms with Crippen molar-refractivity contribution in [3.05, 3.63) is 33.1 Å². The van der Waals surface area contributed by atoms with Crippen LogP contribution in [0.5, 0.6) is 0 Å². The van der Waals surface area contributed by atoms with E-state index in [1.807, 2.05) is 4.98 Å². The van der Waals surface area contributed by atoms with E-state index in [0.29, 0.717) is 0 Å². The minimum atomic E-state index is -5.18. The predicted octanol–water partition coefficient (Wildman–Crippen LogP) is -3.34. The van der Waals surface area contributed by atoms with Gasteiger partial charge in [-0.1, -0.05) is 0 Å². The second-order valence-corrected chi connectivity index (χ2v) is 5.96. The molecule has 1 fully saturated rings. The largest absolute Gasteiger partial charge is 0.790 e. The zero-order chi connectivity index (χ0) is 15.8. The van der Waals surface area contributed by atoms with E-state index < -0.39 is 49.8 Å². The van der Waals surface area contributed by atoms with Crippen LogP contribution in [0.1, 0.15) is 12.5 Å². The van der Waals surface area contributed by atoms with Crippen molar-refractivity contribution in [1.82, 2.24) is 9.55 Å². The van der Waals surface area contributed by atoms with Crippen molar-refractivity contribution in [2.24, 2.45) is 5.92 Å². The van der Waals surface area contributed by atoms with Crippen molar-refractivity contribution in [3.63, 3.8) is 0 Å². The lowest BCUT2D eigenvalue weighted by molar-refractivity contribution is -0.342. The third-order valence-electron chi connectivity index (χ3n) is 3.43. The minimum Gasteiger partial charge on any atom is -0.790 e. The fourth-order valence-electron chi connectivity index (χ4n) is 2.42. The summed E-state index contributed by atoms with van der Waals surface area (Å²) in [7, 11) is -5.18. The fourth-order valence-corrected chi connectivity index (χ4v) is 2.79. The first-order valence-electron chi connectivity index (χ1n) is 6.03. The molecule has 1 aliphatic carbocycles. The van der Waals surface area contributed by atoms with Gasteiger partial charge in [-0.2, -0.15) is 0 Å². The molecular weight excluding hydrogens is 307 g/mol. The van der Waals surface area contributed by atoms with Gasteiger partial charge in [-0.3, -0.25) is 14.3 Å². The van der Waals surface area contributed by atoms with Crippen LogP contribution in [0.15, 0.2) is 21.9 Å². The molecule has 0 aliphatic heterocycles. The van der Waals surface area contributed by atoms with Crippen LogP contribution in [-0.2, 0) is 9.09 Å². The third-order valence-corrected chi connectivity index (χ3v) is 3.89. The number of nitrogens with one attached hydrogen (secondary N) is 1. The fraction of sp³-hybridized carbons (Fsp3) is 0.600. The Labute approximate surface area is 117 Å². The summed E-state index contributed by atoms with van der Waals surface area (Å²) < 4.78 is 15.6. The maximum absolute atomic E-state index is 11.6. The summed E-state index contributed by atoms with van der Waals surface area (Å²) in [6.07, 6.45) is -1.55. The number of phosphoric acid groups is 1. The number of H-pyrrole nitrogens is 1. The van der Waals surface area contributed by atoms with Gasteiger partial charge in [0.2, 0.25) is 0 Å². The van der Waals surface area contributed by atoms with E-state index in [1.54, 1.807) is 0 Å². The molecule has 21 heavy (non-hydrogen) atoms. The Morgan fingerprint density at radius 3 is 2.62 bits per heavy atom. The molecule has 0 radical (unpaired) electrons. The van der Waals surface area contributed by atoms with Gasteiger partial charge in [-0.05, 0) is 6.42 Å². The van der Waals surface area contributed by atoms with E-state index in [2.05, 4.69) is 4.52 Å². The quantitative estimate of drug-likeness (QED) is 0.484. The molecule has 0 spiro atoms.